The van der Waals surface area contributed by atoms with Crippen LogP contribution in [0.5, 0.6) is 11.5 Å². The molecule has 0 spiro atoms. The Hall–Kier alpha value is -1.60. The molecule has 3 aliphatic rings. The lowest BCUT2D eigenvalue weighted by Crippen LogP contribution is -2.31. The van der Waals surface area contributed by atoms with Gasteiger partial charge in [0.15, 0.2) is 16.7 Å². The lowest BCUT2D eigenvalue weighted by atomic mass is 10.1. The fraction of sp³-hybridized carbons (Fsp3) is 0.600. The molecule has 0 N–H and O–H groups in total. The minimum Gasteiger partial charge on any atom is -0.489 e. The van der Waals surface area contributed by atoms with Crippen molar-refractivity contribution in [1.29, 1.82) is 0 Å². The van der Waals surface area contributed by atoms with Gasteiger partial charge in [-0.2, -0.15) is 0 Å². The van der Waals surface area contributed by atoms with Crippen LogP contribution in [-0.2, 0) is 5.75 Å². The molecule has 1 aromatic carbocycles. The quantitative estimate of drug-likeness (QED) is 0.653. The van der Waals surface area contributed by atoms with E-state index >= 15 is 0 Å². The number of ether oxygens (including phenoxy) is 2. The van der Waals surface area contributed by atoms with Crippen molar-refractivity contribution in [3.05, 3.63) is 22.7 Å². The van der Waals surface area contributed by atoms with E-state index in [-0.39, 0.29) is 0 Å². The molecule has 5 rings (SSSR count). The molecule has 0 atom stereocenters. The molecule has 0 amide bonds. The number of thioether (sulfide) groups is 1. The summed E-state index contributed by atoms with van der Waals surface area (Å²) in [4.78, 5) is 2.41. The minimum absolute atomic E-state index is 0.557. The molecule has 150 valence electrons. The third-order valence-corrected chi connectivity index (χ3v) is 6.72. The average molecular weight is 421 g/mol. The predicted molar refractivity (Wildman–Crippen MR) is 111 cm³/mol. The standard InChI is InChI=1S/C20H25ClN4O2S/c21-16-11-14(12-17-18(16)27-10-4-9-26-17)13-28-20-23-22-19(25(20)15-5-6-15)24-7-2-1-3-8-24/h11-12,15H,1-10,13H2. The van der Waals surface area contributed by atoms with Gasteiger partial charge >= 0.3 is 0 Å². The Kier molecular flexibility index (Phi) is 5.28. The zero-order valence-electron chi connectivity index (χ0n) is 15.9. The molecule has 1 aliphatic carbocycles. The fourth-order valence-corrected chi connectivity index (χ4v) is 5.06. The molecule has 3 heterocycles. The Labute approximate surface area is 174 Å². The molecule has 8 heteroatoms. The van der Waals surface area contributed by atoms with E-state index in [0.29, 0.717) is 30.0 Å². The number of piperidine rings is 1. The largest absolute Gasteiger partial charge is 0.489 e. The van der Waals surface area contributed by atoms with E-state index in [2.05, 4.69) is 19.7 Å². The molecule has 28 heavy (non-hydrogen) atoms. The van der Waals surface area contributed by atoms with Crippen molar-refractivity contribution < 1.29 is 9.47 Å². The molecular weight excluding hydrogens is 396 g/mol. The van der Waals surface area contributed by atoms with Crippen molar-refractivity contribution in [1.82, 2.24) is 14.8 Å². The molecule has 1 aromatic heterocycles. The number of halogens is 1. The predicted octanol–water partition coefficient (Wildman–Crippen LogP) is 4.71. The minimum atomic E-state index is 0.557. The van der Waals surface area contributed by atoms with Crippen LogP contribution in [0.3, 0.4) is 0 Å². The molecule has 0 unspecified atom stereocenters. The topological polar surface area (TPSA) is 52.4 Å². The van der Waals surface area contributed by atoms with Crippen molar-refractivity contribution in [3.8, 4) is 11.5 Å². The van der Waals surface area contributed by atoms with Gasteiger partial charge in [0.05, 0.1) is 18.2 Å². The van der Waals surface area contributed by atoms with Crippen LogP contribution in [0, 0.1) is 0 Å². The first-order valence-corrected chi connectivity index (χ1v) is 11.6. The highest BCUT2D eigenvalue weighted by molar-refractivity contribution is 7.98. The second kappa shape index (κ2) is 8.03. The summed E-state index contributed by atoms with van der Waals surface area (Å²) in [6.07, 6.45) is 7.13. The average Bonchev–Trinajstić information content (AvgIpc) is 3.51. The SMILES string of the molecule is Clc1cc(CSc2nnc(N3CCCCC3)n2C2CC2)cc2c1OCCCO2. The second-order valence-electron chi connectivity index (χ2n) is 7.68. The number of aromatic nitrogens is 3. The maximum Gasteiger partial charge on any atom is 0.228 e. The summed E-state index contributed by atoms with van der Waals surface area (Å²) in [7, 11) is 0. The van der Waals surface area contributed by atoms with Crippen molar-refractivity contribution in [2.75, 3.05) is 31.2 Å². The van der Waals surface area contributed by atoms with E-state index < -0.39 is 0 Å². The Morgan fingerprint density at radius 1 is 1.04 bits per heavy atom. The number of fused-ring (bicyclic) bond motifs is 1. The van der Waals surface area contributed by atoms with E-state index in [1.807, 2.05) is 12.1 Å². The Morgan fingerprint density at radius 2 is 1.86 bits per heavy atom. The lowest BCUT2D eigenvalue weighted by molar-refractivity contribution is 0.297. The normalized spacial score (nSPS) is 19.5. The lowest BCUT2D eigenvalue weighted by Gasteiger charge is -2.27. The van der Waals surface area contributed by atoms with Gasteiger partial charge in [-0.25, -0.2) is 0 Å². The van der Waals surface area contributed by atoms with Crippen LogP contribution in [0.4, 0.5) is 5.95 Å². The van der Waals surface area contributed by atoms with Crippen LogP contribution in [-0.4, -0.2) is 41.1 Å². The first-order valence-electron chi connectivity index (χ1n) is 10.2. The van der Waals surface area contributed by atoms with E-state index in [4.69, 9.17) is 21.1 Å². The molecule has 1 saturated carbocycles. The van der Waals surface area contributed by atoms with Crippen LogP contribution in [0.1, 0.15) is 50.1 Å². The van der Waals surface area contributed by atoms with E-state index in [9.17, 15) is 0 Å². The smallest absolute Gasteiger partial charge is 0.228 e. The van der Waals surface area contributed by atoms with Gasteiger partial charge in [0.25, 0.3) is 0 Å². The molecule has 0 radical (unpaired) electrons. The zero-order valence-corrected chi connectivity index (χ0v) is 17.5. The van der Waals surface area contributed by atoms with Crippen molar-refractivity contribution in [2.24, 2.45) is 0 Å². The Balaban J connectivity index is 1.35. The molecule has 1 saturated heterocycles. The molecule has 2 aliphatic heterocycles. The number of anilines is 1. The van der Waals surface area contributed by atoms with Gasteiger partial charge in [0, 0.05) is 31.3 Å². The summed E-state index contributed by atoms with van der Waals surface area (Å²) in [5, 5.41) is 10.7. The van der Waals surface area contributed by atoms with Crippen LogP contribution in [0.2, 0.25) is 5.02 Å². The summed E-state index contributed by atoms with van der Waals surface area (Å²) in [6.45, 7) is 3.49. The van der Waals surface area contributed by atoms with E-state index in [1.165, 1.54) is 32.1 Å². The highest BCUT2D eigenvalue weighted by Crippen LogP contribution is 2.43. The highest BCUT2D eigenvalue weighted by atomic mass is 35.5. The number of nitrogens with zero attached hydrogens (tertiary/aromatic N) is 4. The van der Waals surface area contributed by atoms with Crippen molar-refractivity contribution >= 4 is 29.3 Å². The van der Waals surface area contributed by atoms with Gasteiger partial charge in [0.2, 0.25) is 5.95 Å². The molecule has 2 fully saturated rings. The highest BCUT2D eigenvalue weighted by Gasteiger charge is 2.32. The molecule has 0 bridgehead atoms. The van der Waals surface area contributed by atoms with Gasteiger partial charge in [0.1, 0.15) is 0 Å². The van der Waals surface area contributed by atoms with Crippen molar-refractivity contribution in [3.63, 3.8) is 0 Å². The van der Waals surface area contributed by atoms with E-state index in [0.717, 1.165) is 47.7 Å². The zero-order chi connectivity index (χ0) is 18.9. The van der Waals surface area contributed by atoms with Crippen LogP contribution in [0.15, 0.2) is 17.3 Å². The Bertz CT molecular complexity index is 849. The third kappa shape index (κ3) is 3.79. The number of hydrogen-bond donors (Lipinski definition) is 0. The van der Waals surface area contributed by atoms with E-state index in [1.54, 1.807) is 11.8 Å². The summed E-state index contributed by atoms with van der Waals surface area (Å²) in [5.74, 6) is 3.25. The number of benzene rings is 1. The van der Waals surface area contributed by atoms with Gasteiger partial charge in [-0.15, -0.1) is 10.2 Å². The first-order chi connectivity index (χ1) is 13.8. The van der Waals surface area contributed by atoms with Crippen LogP contribution < -0.4 is 14.4 Å². The van der Waals surface area contributed by atoms with Crippen molar-refractivity contribution in [2.45, 2.75) is 55.5 Å². The molecular formula is C20H25ClN4O2S. The third-order valence-electron chi connectivity index (χ3n) is 5.43. The van der Waals surface area contributed by atoms with Crippen LogP contribution >= 0.6 is 23.4 Å². The summed E-state index contributed by atoms with van der Waals surface area (Å²) < 4.78 is 13.9. The maximum absolute atomic E-state index is 6.44. The van der Waals surface area contributed by atoms with Gasteiger partial charge in [-0.05, 0) is 49.8 Å². The van der Waals surface area contributed by atoms with Gasteiger partial charge < -0.3 is 14.4 Å². The second-order valence-corrected chi connectivity index (χ2v) is 9.03. The fourth-order valence-electron chi connectivity index (χ4n) is 3.84. The maximum atomic E-state index is 6.44. The number of rotatable bonds is 5. The van der Waals surface area contributed by atoms with Gasteiger partial charge in [-0.1, -0.05) is 23.4 Å². The molecule has 6 nitrogen and oxygen atoms in total. The molecule has 2 aromatic rings. The first kappa shape index (κ1) is 18.4. The number of hydrogen-bond acceptors (Lipinski definition) is 6. The van der Waals surface area contributed by atoms with Gasteiger partial charge in [-0.3, -0.25) is 4.57 Å². The van der Waals surface area contributed by atoms with Crippen LogP contribution in [0.25, 0.3) is 0 Å². The summed E-state index contributed by atoms with van der Waals surface area (Å²) in [6, 6.07) is 4.58. The monoisotopic (exact) mass is 420 g/mol. The summed E-state index contributed by atoms with van der Waals surface area (Å²) in [5.41, 5.74) is 1.11. The Morgan fingerprint density at radius 3 is 2.68 bits per heavy atom. The summed E-state index contributed by atoms with van der Waals surface area (Å²) >= 11 is 8.17.